The van der Waals surface area contributed by atoms with Gasteiger partial charge in [-0.2, -0.15) is 0 Å². The molecule has 1 aromatic heterocycles. The molecule has 0 aliphatic heterocycles. The minimum absolute atomic E-state index is 0.105. The Morgan fingerprint density at radius 1 is 1.05 bits per heavy atom. The molecule has 0 aliphatic rings. The molecule has 0 atom stereocenters. The molecule has 0 saturated heterocycles. The third kappa shape index (κ3) is 3.13. The smallest absolute Gasteiger partial charge is 0.240 e. The normalized spacial score (nSPS) is 11.7. The Labute approximate surface area is 129 Å². The van der Waals surface area contributed by atoms with E-state index in [9.17, 15) is 8.42 Å². The Bertz CT molecular complexity index is 923. The Morgan fingerprint density at radius 2 is 1.82 bits per heavy atom. The summed E-state index contributed by atoms with van der Waals surface area (Å²) in [5.74, 6) is 0. The lowest BCUT2D eigenvalue weighted by Gasteiger charge is -2.07. The molecule has 5 nitrogen and oxygen atoms in total. The summed E-state index contributed by atoms with van der Waals surface area (Å²) in [6.07, 6.45) is 1.58. The second kappa shape index (κ2) is 5.82. The molecule has 0 amide bonds. The number of rotatable bonds is 4. The topological polar surface area (TPSA) is 72.0 Å². The summed E-state index contributed by atoms with van der Waals surface area (Å²) >= 11 is 0. The van der Waals surface area contributed by atoms with Crippen molar-refractivity contribution in [3.05, 3.63) is 66.0 Å². The van der Waals surface area contributed by atoms with E-state index in [0.29, 0.717) is 5.69 Å². The molecule has 22 heavy (non-hydrogen) atoms. The fourth-order valence-electron chi connectivity index (χ4n) is 2.12. The average molecular weight is 313 g/mol. The highest BCUT2D eigenvalue weighted by Gasteiger charge is 2.14. The first-order valence-electron chi connectivity index (χ1n) is 6.82. The third-order valence-electron chi connectivity index (χ3n) is 3.24. The van der Waals surface area contributed by atoms with Crippen LogP contribution in [0.1, 0.15) is 11.3 Å². The molecule has 0 saturated carbocycles. The molecule has 2 aromatic carbocycles. The number of para-hydroxylation sites is 2. The Hall–Kier alpha value is -2.31. The summed E-state index contributed by atoms with van der Waals surface area (Å²) in [4.78, 5) is 8.92. The van der Waals surface area contributed by atoms with Crippen LogP contribution in [0.3, 0.4) is 0 Å². The van der Waals surface area contributed by atoms with Gasteiger partial charge >= 0.3 is 0 Å². The summed E-state index contributed by atoms with van der Waals surface area (Å²) in [6, 6.07) is 14.3. The summed E-state index contributed by atoms with van der Waals surface area (Å²) in [5, 5.41) is 0. The molecule has 0 fully saturated rings. The zero-order chi connectivity index (χ0) is 15.6. The van der Waals surface area contributed by atoms with E-state index in [2.05, 4.69) is 14.7 Å². The summed E-state index contributed by atoms with van der Waals surface area (Å²) in [6.45, 7) is 1.96. The van der Waals surface area contributed by atoms with Gasteiger partial charge in [0.05, 0.1) is 34.4 Å². The predicted octanol–water partition coefficient (Wildman–Crippen LogP) is 2.42. The number of hydrogen-bond donors (Lipinski definition) is 1. The van der Waals surface area contributed by atoms with Crippen LogP contribution >= 0.6 is 0 Å². The minimum atomic E-state index is -3.55. The number of nitrogens with one attached hydrogen (secondary N) is 1. The van der Waals surface area contributed by atoms with Crippen molar-refractivity contribution in [1.82, 2.24) is 14.7 Å². The van der Waals surface area contributed by atoms with E-state index in [1.54, 1.807) is 24.4 Å². The number of benzene rings is 2. The van der Waals surface area contributed by atoms with Crippen molar-refractivity contribution in [3.63, 3.8) is 0 Å². The molecule has 0 radical (unpaired) electrons. The van der Waals surface area contributed by atoms with Gasteiger partial charge in [-0.15, -0.1) is 0 Å². The van der Waals surface area contributed by atoms with Crippen LogP contribution < -0.4 is 4.72 Å². The van der Waals surface area contributed by atoms with Gasteiger partial charge in [0.15, 0.2) is 0 Å². The monoisotopic (exact) mass is 313 g/mol. The molecule has 3 rings (SSSR count). The standard InChI is InChI=1S/C16H15N3O2S/c1-12-5-4-6-14(9-12)22(20,21)18-11-13-10-17-15-7-2-3-8-16(15)19-13/h2-10,18H,11H2,1H3. The Morgan fingerprint density at radius 3 is 2.59 bits per heavy atom. The molecule has 1 N–H and O–H groups in total. The lowest BCUT2D eigenvalue weighted by atomic mass is 10.2. The van der Waals surface area contributed by atoms with Crippen molar-refractivity contribution in [2.45, 2.75) is 18.4 Å². The SMILES string of the molecule is Cc1cccc(S(=O)(=O)NCc2cnc3ccccc3n2)c1. The first-order chi connectivity index (χ1) is 10.5. The van der Waals surface area contributed by atoms with Crippen molar-refractivity contribution < 1.29 is 8.42 Å². The van der Waals surface area contributed by atoms with Gasteiger partial charge in [0.25, 0.3) is 0 Å². The lowest BCUT2D eigenvalue weighted by Crippen LogP contribution is -2.23. The zero-order valence-corrected chi connectivity index (χ0v) is 12.8. The van der Waals surface area contributed by atoms with Gasteiger partial charge in [-0.25, -0.2) is 18.1 Å². The first-order valence-corrected chi connectivity index (χ1v) is 8.30. The van der Waals surface area contributed by atoms with Gasteiger partial charge in [-0.3, -0.25) is 4.98 Å². The molecule has 0 aliphatic carbocycles. The van der Waals surface area contributed by atoms with E-state index in [-0.39, 0.29) is 11.4 Å². The van der Waals surface area contributed by atoms with Crippen LogP contribution in [-0.2, 0) is 16.6 Å². The molecule has 112 valence electrons. The zero-order valence-electron chi connectivity index (χ0n) is 12.0. The van der Waals surface area contributed by atoms with Crippen molar-refractivity contribution >= 4 is 21.1 Å². The van der Waals surface area contributed by atoms with Crippen LogP contribution in [0.25, 0.3) is 11.0 Å². The van der Waals surface area contributed by atoms with E-state index in [4.69, 9.17) is 0 Å². The molecule has 0 unspecified atom stereocenters. The highest BCUT2D eigenvalue weighted by Crippen LogP contribution is 2.12. The largest absolute Gasteiger partial charge is 0.253 e. The number of aryl methyl sites for hydroxylation is 1. The van der Waals surface area contributed by atoms with Crippen molar-refractivity contribution in [2.24, 2.45) is 0 Å². The van der Waals surface area contributed by atoms with E-state index in [0.717, 1.165) is 16.6 Å². The van der Waals surface area contributed by atoms with Crippen LogP contribution in [0.15, 0.2) is 59.6 Å². The van der Waals surface area contributed by atoms with Crippen LogP contribution in [0.2, 0.25) is 0 Å². The number of sulfonamides is 1. The van der Waals surface area contributed by atoms with Gasteiger partial charge in [0.2, 0.25) is 10.0 Å². The van der Waals surface area contributed by atoms with E-state index < -0.39 is 10.0 Å². The molecule has 1 heterocycles. The number of aromatic nitrogens is 2. The molecule has 6 heteroatoms. The van der Waals surface area contributed by atoms with Gasteiger partial charge < -0.3 is 0 Å². The van der Waals surface area contributed by atoms with E-state index in [1.807, 2.05) is 37.3 Å². The van der Waals surface area contributed by atoms with Gasteiger partial charge in [-0.05, 0) is 36.8 Å². The fraction of sp³-hybridized carbons (Fsp3) is 0.125. The van der Waals surface area contributed by atoms with Crippen molar-refractivity contribution in [3.8, 4) is 0 Å². The molecule has 3 aromatic rings. The van der Waals surface area contributed by atoms with Crippen molar-refractivity contribution in [1.29, 1.82) is 0 Å². The van der Waals surface area contributed by atoms with Gasteiger partial charge in [-0.1, -0.05) is 24.3 Å². The molecular weight excluding hydrogens is 298 g/mol. The quantitative estimate of drug-likeness (QED) is 0.803. The van der Waals surface area contributed by atoms with Gasteiger partial charge in [0.1, 0.15) is 0 Å². The fourth-order valence-corrected chi connectivity index (χ4v) is 3.22. The maximum atomic E-state index is 12.3. The Kier molecular flexibility index (Phi) is 3.87. The summed E-state index contributed by atoms with van der Waals surface area (Å²) < 4.78 is 27.1. The maximum absolute atomic E-state index is 12.3. The first kappa shape index (κ1) is 14.6. The number of nitrogens with zero attached hydrogens (tertiary/aromatic N) is 2. The van der Waals surface area contributed by atoms with Crippen molar-refractivity contribution in [2.75, 3.05) is 0 Å². The predicted molar refractivity (Wildman–Crippen MR) is 84.7 cm³/mol. The molecule has 0 spiro atoms. The highest BCUT2D eigenvalue weighted by molar-refractivity contribution is 7.89. The number of fused-ring (bicyclic) bond motifs is 1. The minimum Gasteiger partial charge on any atom is -0.253 e. The van der Waals surface area contributed by atoms with Gasteiger partial charge in [0, 0.05) is 0 Å². The average Bonchev–Trinajstić information content (AvgIpc) is 2.53. The second-order valence-corrected chi connectivity index (χ2v) is 6.76. The Balaban J connectivity index is 1.81. The summed E-state index contributed by atoms with van der Waals surface area (Å²) in [5.41, 5.74) is 3.01. The lowest BCUT2D eigenvalue weighted by molar-refractivity contribution is 0.580. The third-order valence-corrected chi connectivity index (χ3v) is 4.64. The summed E-state index contributed by atoms with van der Waals surface area (Å²) in [7, 11) is -3.55. The van der Waals surface area contributed by atoms with Crippen LogP contribution in [-0.4, -0.2) is 18.4 Å². The number of hydrogen-bond acceptors (Lipinski definition) is 4. The molecular formula is C16H15N3O2S. The van der Waals surface area contributed by atoms with Crippen LogP contribution in [0.4, 0.5) is 0 Å². The van der Waals surface area contributed by atoms with Crippen LogP contribution in [0, 0.1) is 6.92 Å². The van der Waals surface area contributed by atoms with E-state index in [1.165, 1.54) is 0 Å². The maximum Gasteiger partial charge on any atom is 0.240 e. The molecule has 0 bridgehead atoms. The van der Waals surface area contributed by atoms with E-state index >= 15 is 0 Å². The highest BCUT2D eigenvalue weighted by atomic mass is 32.2. The second-order valence-electron chi connectivity index (χ2n) is 4.99. The van der Waals surface area contributed by atoms with Crippen LogP contribution in [0.5, 0.6) is 0 Å².